The molecule has 21 heavy (non-hydrogen) atoms. The van der Waals surface area contributed by atoms with Crippen LogP contribution in [-0.2, 0) is 6.61 Å². The highest BCUT2D eigenvalue weighted by atomic mass is 16.5. The molecule has 0 fully saturated rings. The first-order chi connectivity index (χ1) is 10.1. The Morgan fingerprint density at radius 2 is 2.05 bits per heavy atom. The van der Waals surface area contributed by atoms with Gasteiger partial charge in [-0.25, -0.2) is 0 Å². The normalized spacial score (nSPS) is 12.5. The summed E-state index contributed by atoms with van der Waals surface area (Å²) in [5.74, 6) is 1.64. The average molecular weight is 284 g/mol. The van der Waals surface area contributed by atoms with Gasteiger partial charge in [0.2, 0.25) is 11.7 Å². The molecular formula is C16H16N2O3. The van der Waals surface area contributed by atoms with Crippen molar-refractivity contribution in [2.45, 2.75) is 26.6 Å². The first kappa shape index (κ1) is 13.6. The lowest BCUT2D eigenvalue weighted by atomic mass is 10.0. The minimum Gasteiger partial charge on any atom is -0.484 e. The largest absolute Gasteiger partial charge is 0.484 e. The highest BCUT2D eigenvalue weighted by Crippen LogP contribution is 2.34. The number of nitrogens with zero attached hydrogens (tertiary/aromatic N) is 2. The van der Waals surface area contributed by atoms with Gasteiger partial charge in [0, 0.05) is 17.9 Å². The minimum atomic E-state index is -0.614. The molecule has 0 saturated carbocycles. The fraction of sp³-hybridized carbons (Fsp3) is 0.250. The van der Waals surface area contributed by atoms with E-state index in [0.717, 1.165) is 16.3 Å². The third-order valence-electron chi connectivity index (χ3n) is 3.28. The standard InChI is InChI=1S/C16H16N2O3/c1-10(19)13-8-7-12-5-3-4-6-14(12)16(13)20-9-15-17-11(2)21-18-15/h3-8,10,19H,9H2,1-2H3/t10-/m1/s1. The maximum absolute atomic E-state index is 9.94. The zero-order valence-corrected chi connectivity index (χ0v) is 11.9. The van der Waals surface area contributed by atoms with Crippen LogP contribution in [0.25, 0.3) is 10.8 Å². The molecule has 1 atom stereocenters. The van der Waals surface area contributed by atoms with Crippen LogP contribution < -0.4 is 4.74 Å². The molecule has 0 aliphatic heterocycles. The van der Waals surface area contributed by atoms with Crippen molar-refractivity contribution in [1.29, 1.82) is 0 Å². The van der Waals surface area contributed by atoms with Crippen LogP contribution in [0.2, 0.25) is 0 Å². The summed E-state index contributed by atoms with van der Waals surface area (Å²) in [4.78, 5) is 4.12. The van der Waals surface area contributed by atoms with E-state index in [1.165, 1.54) is 0 Å². The van der Waals surface area contributed by atoms with Gasteiger partial charge < -0.3 is 14.4 Å². The molecule has 0 spiro atoms. The average Bonchev–Trinajstić information content (AvgIpc) is 2.90. The number of aryl methyl sites for hydroxylation is 1. The molecule has 5 heteroatoms. The van der Waals surface area contributed by atoms with E-state index in [4.69, 9.17) is 9.26 Å². The lowest BCUT2D eigenvalue weighted by Gasteiger charge is -2.15. The third-order valence-corrected chi connectivity index (χ3v) is 3.28. The number of aliphatic hydroxyl groups is 1. The molecule has 0 radical (unpaired) electrons. The predicted molar refractivity (Wildman–Crippen MR) is 77.9 cm³/mol. The van der Waals surface area contributed by atoms with E-state index < -0.39 is 6.10 Å². The zero-order valence-electron chi connectivity index (χ0n) is 11.9. The quantitative estimate of drug-likeness (QED) is 0.797. The van der Waals surface area contributed by atoms with Crippen LogP contribution >= 0.6 is 0 Å². The number of aromatic nitrogens is 2. The maximum atomic E-state index is 9.94. The molecule has 1 aromatic heterocycles. The van der Waals surface area contributed by atoms with Crippen molar-refractivity contribution < 1.29 is 14.4 Å². The van der Waals surface area contributed by atoms with Crippen molar-refractivity contribution in [1.82, 2.24) is 10.1 Å². The Morgan fingerprint density at radius 3 is 2.76 bits per heavy atom. The summed E-state index contributed by atoms with van der Waals surface area (Å²) >= 11 is 0. The lowest BCUT2D eigenvalue weighted by Crippen LogP contribution is -2.03. The van der Waals surface area contributed by atoms with Crippen molar-refractivity contribution in [2.24, 2.45) is 0 Å². The molecule has 1 heterocycles. The molecule has 0 amide bonds. The van der Waals surface area contributed by atoms with Gasteiger partial charge in [-0.1, -0.05) is 41.6 Å². The number of ether oxygens (including phenoxy) is 1. The van der Waals surface area contributed by atoms with Crippen LogP contribution in [0.4, 0.5) is 0 Å². The second-order valence-corrected chi connectivity index (χ2v) is 4.90. The monoisotopic (exact) mass is 284 g/mol. The smallest absolute Gasteiger partial charge is 0.223 e. The number of fused-ring (bicyclic) bond motifs is 1. The maximum Gasteiger partial charge on any atom is 0.223 e. The summed E-state index contributed by atoms with van der Waals surface area (Å²) in [5.41, 5.74) is 0.744. The van der Waals surface area contributed by atoms with Gasteiger partial charge in [-0.05, 0) is 12.3 Å². The van der Waals surface area contributed by atoms with Gasteiger partial charge in [-0.15, -0.1) is 0 Å². The molecule has 5 nitrogen and oxygen atoms in total. The molecule has 0 aliphatic rings. The van der Waals surface area contributed by atoms with Gasteiger partial charge in [0.05, 0.1) is 6.10 Å². The summed E-state index contributed by atoms with van der Waals surface area (Å²) in [5, 5.41) is 15.8. The van der Waals surface area contributed by atoms with Crippen molar-refractivity contribution in [3.8, 4) is 5.75 Å². The van der Waals surface area contributed by atoms with Crippen LogP contribution in [-0.4, -0.2) is 15.2 Å². The Morgan fingerprint density at radius 1 is 1.24 bits per heavy atom. The minimum absolute atomic E-state index is 0.199. The van der Waals surface area contributed by atoms with Crippen molar-refractivity contribution in [3.63, 3.8) is 0 Å². The number of benzene rings is 2. The van der Waals surface area contributed by atoms with E-state index in [2.05, 4.69) is 10.1 Å². The highest BCUT2D eigenvalue weighted by Gasteiger charge is 2.14. The zero-order chi connectivity index (χ0) is 14.8. The van der Waals surface area contributed by atoms with Crippen LogP contribution in [0.3, 0.4) is 0 Å². The summed E-state index contributed by atoms with van der Waals surface area (Å²) in [6.07, 6.45) is -0.614. The molecule has 3 aromatic rings. The van der Waals surface area contributed by atoms with Crippen LogP contribution in [0.5, 0.6) is 5.75 Å². The molecule has 0 unspecified atom stereocenters. The Balaban J connectivity index is 1.99. The molecule has 3 rings (SSSR count). The lowest BCUT2D eigenvalue weighted by molar-refractivity contribution is 0.190. The van der Waals surface area contributed by atoms with Gasteiger partial charge in [0.1, 0.15) is 5.75 Å². The molecule has 1 N–H and O–H groups in total. The van der Waals surface area contributed by atoms with E-state index in [1.807, 2.05) is 36.4 Å². The molecule has 0 aliphatic carbocycles. The Labute approximate surface area is 122 Å². The van der Waals surface area contributed by atoms with Crippen molar-refractivity contribution >= 4 is 10.8 Å². The number of hydrogen-bond acceptors (Lipinski definition) is 5. The highest BCUT2D eigenvalue weighted by molar-refractivity contribution is 5.89. The number of hydrogen-bond donors (Lipinski definition) is 1. The van der Waals surface area contributed by atoms with E-state index in [0.29, 0.717) is 17.5 Å². The predicted octanol–water partition coefficient (Wildman–Crippen LogP) is 3.16. The third kappa shape index (κ3) is 2.73. The number of aliphatic hydroxyl groups excluding tert-OH is 1. The summed E-state index contributed by atoms with van der Waals surface area (Å²) < 4.78 is 10.8. The second-order valence-electron chi connectivity index (χ2n) is 4.90. The van der Waals surface area contributed by atoms with Crippen LogP contribution in [0.15, 0.2) is 40.9 Å². The first-order valence-corrected chi connectivity index (χ1v) is 6.77. The van der Waals surface area contributed by atoms with E-state index >= 15 is 0 Å². The molecule has 0 bridgehead atoms. The Hall–Kier alpha value is -2.40. The van der Waals surface area contributed by atoms with Gasteiger partial charge in [-0.3, -0.25) is 0 Å². The van der Waals surface area contributed by atoms with Crippen molar-refractivity contribution in [2.75, 3.05) is 0 Å². The van der Waals surface area contributed by atoms with Gasteiger partial charge in [0.15, 0.2) is 6.61 Å². The van der Waals surface area contributed by atoms with E-state index in [-0.39, 0.29) is 6.61 Å². The van der Waals surface area contributed by atoms with Gasteiger partial charge in [0.25, 0.3) is 0 Å². The molecule has 108 valence electrons. The SMILES string of the molecule is Cc1nc(COc2c([C@@H](C)O)ccc3ccccc23)no1. The molecule has 2 aromatic carbocycles. The summed E-state index contributed by atoms with van der Waals surface area (Å²) in [6.45, 7) is 3.65. The fourth-order valence-corrected chi connectivity index (χ4v) is 2.29. The Kier molecular flexibility index (Phi) is 3.58. The van der Waals surface area contributed by atoms with Gasteiger partial charge in [-0.2, -0.15) is 4.98 Å². The topological polar surface area (TPSA) is 68.4 Å². The molecule has 0 saturated heterocycles. The van der Waals surface area contributed by atoms with Crippen LogP contribution in [0, 0.1) is 6.92 Å². The van der Waals surface area contributed by atoms with Crippen molar-refractivity contribution in [3.05, 3.63) is 53.7 Å². The Bertz CT molecular complexity index is 765. The second kappa shape index (κ2) is 5.54. The summed E-state index contributed by atoms with van der Waals surface area (Å²) in [6, 6.07) is 11.7. The summed E-state index contributed by atoms with van der Waals surface area (Å²) in [7, 11) is 0. The van der Waals surface area contributed by atoms with E-state index in [1.54, 1.807) is 13.8 Å². The first-order valence-electron chi connectivity index (χ1n) is 6.77. The fourth-order valence-electron chi connectivity index (χ4n) is 2.29. The van der Waals surface area contributed by atoms with Crippen LogP contribution in [0.1, 0.15) is 30.3 Å². The van der Waals surface area contributed by atoms with Gasteiger partial charge >= 0.3 is 0 Å². The van der Waals surface area contributed by atoms with E-state index in [9.17, 15) is 5.11 Å². The molecular weight excluding hydrogens is 268 g/mol. The number of rotatable bonds is 4.